The molecule has 0 aliphatic heterocycles. The fourth-order valence-corrected chi connectivity index (χ4v) is 3.60. The number of hydrogen-bond donors (Lipinski definition) is 1. The molecule has 0 aliphatic rings. The topological polar surface area (TPSA) is 37.8 Å². The van der Waals surface area contributed by atoms with Crippen molar-refractivity contribution in [3.05, 3.63) is 34.6 Å². The van der Waals surface area contributed by atoms with E-state index in [4.69, 9.17) is 11.6 Å². The number of benzene rings is 1. The van der Waals surface area contributed by atoms with E-state index in [1.807, 2.05) is 19.1 Å². The second-order valence-electron chi connectivity index (χ2n) is 4.14. The Morgan fingerprint density at radius 3 is 2.95 bits per heavy atom. The monoisotopic (exact) mass is 313 g/mol. The molecular formula is C13H16ClN3S2. The summed E-state index contributed by atoms with van der Waals surface area (Å²) in [5.74, 6) is 0.820. The molecule has 2 aromatic rings. The van der Waals surface area contributed by atoms with Crippen LogP contribution in [0.15, 0.2) is 27.4 Å². The fraction of sp³-hybridized carbons (Fsp3) is 0.385. The molecule has 1 N–H and O–H groups in total. The molecule has 0 atom stereocenters. The molecule has 0 radical (unpaired) electrons. The van der Waals surface area contributed by atoms with Gasteiger partial charge in [-0.25, -0.2) is 4.98 Å². The van der Waals surface area contributed by atoms with E-state index < -0.39 is 0 Å². The normalized spacial score (nSPS) is 10.9. The number of nitrogens with one attached hydrogen (secondary N) is 1. The molecule has 0 amide bonds. The molecule has 0 unspecified atom stereocenters. The van der Waals surface area contributed by atoms with Crippen molar-refractivity contribution in [3.8, 4) is 0 Å². The molecule has 0 bridgehead atoms. The first-order valence-corrected chi connectivity index (χ1v) is 8.13. The number of nitrogens with zero attached hydrogens (tertiary/aromatic N) is 2. The standard InChI is InChI=1S/C13H16ClN3S2/c1-3-6-15-8-10-4-5-11(14)7-12(10)18-13-16-9(2)17-19-13/h4-5,7,15H,3,6,8H2,1-2H3. The first-order valence-electron chi connectivity index (χ1n) is 6.16. The second-order valence-corrected chi connectivity index (χ2v) is 6.62. The summed E-state index contributed by atoms with van der Waals surface area (Å²) in [6.45, 7) is 5.94. The van der Waals surface area contributed by atoms with E-state index in [0.717, 1.165) is 39.6 Å². The predicted molar refractivity (Wildman–Crippen MR) is 82.2 cm³/mol. The Morgan fingerprint density at radius 1 is 1.42 bits per heavy atom. The van der Waals surface area contributed by atoms with Gasteiger partial charge in [0.2, 0.25) is 0 Å². The summed E-state index contributed by atoms with van der Waals surface area (Å²) >= 11 is 9.14. The molecule has 6 heteroatoms. The molecule has 3 nitrogen and oxygen atoms in total. The molecular weight excluding hydrogens is 298 g/mol. The Morgan fingerprint density at radius 2 is 2.26 bits per heavy atom. The summed E-state index contributed by atoms with van der Waals surface area (Å²) in [5.41, 5.74) is 1.25. The van der Waals surface area contributed by atoms with Crippen molar-refractivity contribution >= 4 is 34.9 Å². The third kappa shape index (κ3) is 4.45. The van der Waals surface area contributed by atoms with Crippen LogP contribution in [-0.2, 0) is 6.54 Å². The highest BCUT2D eigenvalue weighted by atomic mass is 35.5. The van der Waals surface area contributed by atoms with Crippen molar-refractivity contribution in [3.63, 3.8) is 0 Å². The predicted octanol–water partition coefficient (Wildman–Crippen LogP) is 4.15. The van der Waals surface area contributed by atoms with E-state index in [2.05, 4.69) is 27.7 Å². The van der Waals surface area contributed by atoms with E-state index >= 15 is 0 Å². The van der Waals surface area contributed by atoms with Crippen molar-refractivity contribution < 1.29 is 0 Å². The van der Waals surface area contributed by atoms with Crippen LogP contribution in [0.3, 0.4) is 0 Å². The number of hydrogen-bond acceptors (Lipinski definition) is 5. The summed E-state index contributed by atoms with van der Waals surface area (Å²) < 4.78 is 5.16. The van der Waals surface area contributed by atoms with Gasteiger partial charge in [0, 0.05) is 16.5 Å². The van der Waals surface area contributed by atoms with Crippen LogP contribution in [-0.4, -0.2) is 15.9 Å². The Kier molecular flexibility index (Phi) is 5.63. The number of aromatic nitrogens is 2. The molecule has 0 saturated heterocycles. The van der Waals surface area contributed by atoms with Crippen LogP contribution >= 0.6 is 34.9 Å². The summed E-state index contributed by atoms with van der Waals surface area (Å²) in [4.78, 5) is 5.53. The highest BCUT2D eigenvalue weighted by molar-refractivity contribution is 8.01. The van der Waals surface area contributed by atoms with Crippen molar-refractivity contribution in [1.82, 2.24) is 14.7 Å². The van der Waals surface area contributed by atoms with Gasteiger partial charge >= 0.3 is 0 Å². The molecule has 1 heterocycles. The van der Waals surface area contributed by atoms with Gasteiger partial charge in [0.15, 0.2) is 4.34 Å². The highest BCUT2D eigenvalue weighted by Crippen LogP contribution is 2.33. The number of aryl methyl sites for hydroxylation is 1. The average molecular weight is 314 g/mol. The molecule has 0 aliphatic carbocycles. The molecule has 19 heavy (non-hydrogen) atoms. The maximum absolute atomic E-state index is 6.08. The van der Waals surface area contributed by atoms with Gasteiger partial charge < -0.3 is 5.32 Å². The minimum Gasteiger partial charge on any atom is -0.313 e. The Labute approximate surface area is 127 Å². The Bertz CT molecular complexity index is 542. The summed E-state index contributed by atoms with van der Waals surface area (Å²) in [6, 6.07) is 5.99. The molecule has 0 saturated carbocycles. The average Bonchev–Trinajstić information content (AvgIpc) is 2.78. The van der Waals surface area contributed by atoms with Crippen LogP contribution in [0.5, 0.6) is 0 Å². The molecule has 1 aromatic carbocycles. The summed E-state index contributed by atoms with van der Waals surface area (Å²) in [6.07, 6.45) is 1.13. The van der Waals surface area contributed by atoms with Gasteiger partial charge in [-0.05, 0) is 49.1 Å². The first kappa shape index (κ1) is 14.8. The van der Waals surface area contributed by atoms with Gasteiger partial charge in [-0.3, -0.25) is 0 Å². The van der Waals surface area contributed by atoms with Gasteiger partial charge in [0.1, 0.15) is 5.82 Å². The third-order valence-corrected chi connectivity index (χ3v) is 4.66. The Hall–Kier alpha value is -0.620. The molecule has 0 spiro atoms. The molecule has 2 rings (SSSR count). The van der Waals surface area contributed by atoms with Crippen molar-refractivity contribution in [1.29, 1.82) is 0 Å². The molecule has 1 aromatic heterocycles. The van der Waals surface area contributed by atoms with Gasteiger partial charge in [0.05, 0.1) is 0 Å². The molecule has 0 fully saturated rings. The van der Waals surface area contributed by atoms with E-state index in [9.17, 15) is 0 Å². The third-order valence-electron chi connectivity index (χ3n) is 2.48. The quantitative estimate of drug-likeness (QED) is 0.813. The van der Waals surface area contributed by atoms with E-state index in [-0.39, 0.29) is 0 Å². The summed E-state index contributed by atoms with van der Waals surface area (Å²) in [7, 11) is 0. The van der Waals surface area contributed by atoms with Gasteiger partial charge in [-0.15, -0.1) is 0 Å². The van der Waals surface area contributed by atoms with Crippen LogP contribution in [0.4, 0.5) is 0 Å². The lowest BCUT2D eigenvalue weighted by molar-refractivity contribution is 0.669. The minimum atomic E-state index is 0.753. The van der Waals surface area contributed by atoms with Gasteiger partial charge in [0.25, 0.3) is 0 Å². The Balaban J connectivity index is 2.14. The van der Waals surface area contributed by atoms with Crippen LogP contribution in [0.1, 0.15) is 24.7 Å². The van der Waals surface area contributed by atoms with Crippen molar-refractivity contribution in [2.24, 2.45) is 0 Å². The SMILES string of the molecule is CCCNCc1ccc(Cl)cc1Sc1nc(C)ns1. The maximum Gasteiger partial charge on any atom is 0.174 e. The van der Waals surface area contributed by atoms with E-state index in [1.54, 1.807) is 11.8 Å². The minimum absolute atomic E-state index is 0.753. The number of halogens is 1. The van der Waals surface area contributed by atoms with Crippen molar-refractivity contribution in [2.45, 2.75) is 36.0 Å². The fourth-order valence-electron chi connectivity index (χ4n) is 1.58. The lowest BCUT2D eigenvalue weighted by atomic mass is 10.2. The zero-order valence-electron chi connectivity index (χ0n) is 10.9. The molecule has 102 valence electrons. The lowest BCUT2D eigenvalue weighted by Gasteiger charge is -2.09. The van der Waals surface area contributed by atoms with E-state index in [0.29, 0.717) is 0 Å². The zero-order chi connectivity index (χ0) is 13.7. The van der Waals surface area contributed by atoms with Crippen LogP contribution in [0.25, 0.3) is 0 Å². The van der Waals surface area contributed by atoms with Crippen LogP contribution < -0.4 is 5.32 Å². The van der Waals surface area contributed by atoms with Gasteiger partial charge in [-0.2, -0.15) is 4.37 Å². The highest BCUT2D eigenvalue weighted by Gasteiger charge is 2.08. The van der Waals surface area contributed by atoms with Crippen molar-refractivity contribution in [2.75, 3.05) is 6.54 Å². The number of rotatable bonds is 6. The summed E-state index contributed by atoms with van der Waals surface area (Å²) in [5, 5.41) is 4.17. The second kappa shape index (κ2) is 7.24. The first-order chi connectivity index (χ1) is 9.19. The van der Waals surface area contributed by atoms with E-state index in [1.165, 1.54) is 17.1 Å². The van der Waals surface area contributed by atoms with Crippen LogP contribution in [0, 0.1) is 6.92 Å². The zero-order valence-corrected chi connectivity index (χ0v) is 13.3. The maximum atomic E-state index is 6.08. The smallest absolute Gasteiger partial charge is 0.174 e. The van der Waals surface area contributed by atoms with Crippen LogP contribution in [0.2, 0.25) is 5.02 Å². The lowest BCUT2D eigenvalue weighted by Crippen LogP contribution is -2.14. The van der Waals surface area contributed by atoms with Gasteiger partial charge in [-0.1, -0.05) is 36.4 Å². The largest absolute Gasteiger partial charge is 0.313 e.